The molecule has 0 radical (unpaired) electrons. The highest BCUT2D eigenvalue weighted by molar-refractivity contribution is 5.94. The minimum absolute atomic E-state index is 0.0301. The average molecular weight is 490 g/mol. The molecule has 11 nitrogen and oxygen atoms in total. The molecule has 2 saturated heterocycles. The Bertz CT molecular complexity index is 880. The van der Waals surface area contributed by atoms with Crippen molar-refractivity contribution < 1.29 is 28.7 Å². The zero-order valence-electron chi connectivity index (χ0n) is 20.4. The first kappa shape index (κ1) is 26.6. The summed E-state index contributed by atoms with van der Waals surface area (Å²) in [5.74, 6) is -1.18. The van der Waals surface area contributed by atoms with Gasteiger partial charge in [0, 0.05) is 37.8 Å². The van der Waals surface area contributed by atoms with Gasteiger partial charge in [-0.25, -0.2) is 0 Å². The van der Waals surface area contributed by atoms with Crippen LogP contribution in [0.1, 0.15) is 16.8 Å². The summed E-state index contributed by atoms with van der Waals surface area (Å²) < 4.78 is 10.9. The van der Waals surface area contributed by atoms with Gasteiger partial charge in [-0.3, -0.25) is 19.2 Å². The van der Waals surface area contributed by atoms with Gasteiger partial charge >= 0.3 is 0 Å². The standard InChI is InChI=1S/C24H35N5O6/c1-27(2)19-14-20-24(33)26-9-11-34-12-13-35-17-22(31)28(16-21(30)29(20)15-19)10-8-25-23(32)18-6-4-3-5-7-18/h3-7,19-20H,8-17H2,1-2H3,(H,25,32)(H,26,33)/t19-,20-/m0/s1. The number of nitrogens with zero attached hydrogens (tertiary/aromatic N) is 3. The van der Waals surface area contributed by atoms with E-state index < -0.39 is 6.04 Å². The summed E-state index contributed by atoms with van der Waals surface area (Å²) in [5, 5.41) is 5.62. The second-order valence-corrected chi connectivity index (χ2v) is 8.81. The number of nitrogens with one attached hydrogen (secondary N) is 2. The molecule has 4 amide bonds. The molecular weight excluding hydrogens is 454 g/mol. The van der Waals surface area contributed by atoms with Gasteiger partial charge in [-0.15, -0.1) is 0 Å². The van der Waals surface area contributed by atoms with Crippen LogP contribution in [0.2, 0.25) is 0 Å². The lowest BCUT2D eigenvalue weighted by Gasteiger charge is -2.28. The quantitative estimate of drug-likeness (QED) is 0.541. The van der Waals surface area contributed by atoms with E-state index in [2.05, 4.69) is 10.6 Å². The van der Waals surface area contributed by atoms with Crippen LogP contribution in [0.4, 0.5) is 0 Å². The fourth-order valence-electron chi connectivity index (χ4n) is 4.09. The van der Waals surface area contributed by atoms with E-state index in [1.165, 1.54) is 4.90 Å². The number of rotatable bonds is 5. The highest BCUT2D eigenvalue weighted by Gasteiger charge is 2.40. The predicted molar refractivity (Wildman–Crippen MR) is 128 cm³/mol. The molecule has 11 heteroatoms. The van der Waals surface area contributed by atoms with Crippen LogP contribution >= 0.6 is 0 Å². The molecule has 2 N–H and O–H groups in total. The van der Waals surface area contributed by atoms with Gasteiger partial charge in [0.1, 0.15) is 12.6 Å². The average Bonchev–Trinajstić information content (AvgIpc) is 3.31. The van der Waals surface area contributed by atoms with E-state index in [0.29, 0.717) is 31.7 Å². The van der Waals surface area contributed by atoms with E-state index in [1.807, 2.05) is 25.1 Å². The minimum Gasteiger partial charge on any atom is -0.377 e. The van der Waals surface area contributed by atoms with Crippen molar-refractivity contribution in [3.05, 3.63) is 35.9 Å². The Kier molecular flexibility index (Phi) is 10.0. The second-order valence-electron chi connectivity index (χ2n) is 8.81. The molecule has 2 aliphatic rings. The largest absolute Gasteiger partial charge is 0.377 e. The number of fused-ring (bicyclic) bond motifs is 1. The number of hydrogen-bond acceptors (Lipinski definition) is 7. The first-order valence-electron chi connectivity index (χ1n) is 11.9. The van der Waals surface area contributed by atoms with Crippen molar-refractivity contribution in [2.75, 3.05) is 73.2 Å². The zero-order chi connectivity index (χ0) is 25.2. The van der Waals surface area contributed by atoms with Crippen LogP contribution < -0.4 is 10.6 Å². The van der Waals surface area contributed by atoms with Gasteiger partial charge in [0.15, 0.2) is 0 Å². The van der Waals surface area contributed by atoms with Crippen LogP contribution in [-0.2, 0) is 23.9 Å². The van der Waals surface area contributed by atoms with Crippen molar-refractivity contribution in [2.45, 2.75) is 18.5 Å². The van der Waals surface area contributed by atoms with Crippen molar-refractivity contribution in [2.24, 2.45) is 0 Å². The minimum atomic E-state index is -0.619. The van der Waals surface area contributed by atoms with E-state index >= 15 is 0 Å². The molecule has 2 atom stereocenters. The summed E-state index contributed by atoms with van der Waals surface area (Å²) in [5.41, 5.74) is 0.510. The maximum Gasteiger partial charge on any atom is 0.251 e. The Morgan fingerprint density at radius 3 is 2.57 bits per heavy atom. The molecule has 0 saturated carbocycles. The number of hydrogen-bond donors (Lipinski definition) is 2. The van der Waals surface area contributed by atoms with Gasteiger partial charge in [0.2, 0.25) is 17.7 Å². The third-order valence-electron chi connectivity index (χ3n) is 6.16. The van der Waals surface area contributed by atoms with Crippen molar-refractivity contribution in [1.29, 1.82) is 0 Å². The van der Waals surface area contributed by atoms with E-state index in [-0.39, 0.29) is 69.1 Å². The van der Waals surface area contributed by atoms with Gasteiger partial charge in [0.05, 0.1) is 26.4 Å². The molecule has 2 aliphatic heterocycles. The number of carbonyl (C=O) groups is 4. The molecular formula is C24H35N5O6. The SMILES string of the molecule is CN(C)[C@H]1C[C@H]2C(=O)NCCOCCOCC(=O)N(CCNC(=O)c3ccccc3)CC(=O)N2C1. The highest BCUT2D eigenvalue weighted by Crippen LogP contribution is 2.21. The summed E-state index contributed by atoms with van der Waals surface area (Å²) in [6, 6.07) is 8.17. The van der Waals surface area contributed by atoms with Gasteiger partial charge in [-0.05, 0) is 32.6 Å². The summed E-state index contributed by atoms with van der Waals surface area (Å²) in [7, 11) is 3.83. The Balaban J connectivity index is 1.69. The first-order valence-corrected chi connectivity index (χ1v) is 11.9. The molecule has 1 aromatic carbocycles. The fraction of sp³-hybridized carbons (Fsp3) is 0.583. The first-order chi connectivity index (χ1) is 16.9. The molecule has 35 heavy (non-hydrogen) atoms. The van der Waals surface area contributed by atoms with E-state index in [9.17, 15) is 19.2 Å². The molecule has 3 rings (SSSR count). The summed E-state index contributed by atoms with van der Waals surface area (Å²) in [4.78, 5) is 56.3. The maximum atomic E-state index is 13.3. The second kappa shape index (κ2) is 13.2. The summed E-state index contributed by atoms with van der Waals surface area (Å²) >= 11 is 0. The maximum absolute atomic E-state index is 13.3. The van der Waals surface area contributed by atoms with Gasteiger partial charge in [0.25, 0.3) is 5.91 Å². The number of carbonyl (C=O) groups excluding carboxylic acids is 4. The molecule has 0 aromatic heterocycles. The summed E-state index contributed by atoms with van der Waals surface area (Å²) in [6.45, 7) is 1.42. The van der Waals surface area contributed by atoms with Crippen LogP contribution in [0.15, 0.2) is 30.3 Å². The third-order valence-corrected chi connectivity index (χ3v) is 6.16. The van der Waals surface area contributed by atoms with Gasteiger partial charge < -0.3 is 34.8 Å². The van der Waals surface area contributed by atoms with Crippen LogP contribution in [0.25, 0.3) is 0 Å². The van der Waals surface area contributed by atoms with Gasteiger partial charge in [-0.2, -0.15) is 0 Å². The Labute approximate surface area is 205 Å². The molecule has 192 valence electrons. The Hall–Kier alpha value is -3.02. The number of ether oxygens (including phenoxy) is 2. The molecule has 2 heterocycles. The summed E-state index contributed by atoms with van der Waals surface area (Å²) in [6.07, 6.45) is 0.510. The van der Waals surface area contributed by atoms with Crippen molar-refractivity contribution >= 4 is 23.6 Å². The highest BCUT2D eigenvalue weighted by atomic mass is 16.5. The lowest BCUT2D eigenvalue weighted by Crippen LogP contribution is -2.51. The monoisotopic (exact) mass is 489 g/mol. The van der Waals surface area contributed by atoms with Crippen molar-refractivity contribution in [1.82, 2.24) is 25.3 Å². The molecule has 0 bridgehead atoms. The Morgan fingerprint density at radius 2 is 1.83 bits per heavy atom. The third kappa shape index (κ3) is 7.74. The fourth-order valence-corrected chi connectivity index (χ4v) is 4.09. The lowest BCUT2D eigenvalue weighted by atomic mass is 10.1. The predicted octanol–water partition coefficient (Wildman–Crippen LogP) is -1.06. The van der Waals surface area contributed by atoms with E-state index in [1.54, 1.807) is 29.2 Å². The van der Waals surface area contributed by atoms with Gasteiger partial charge in [-0.1, -0.05) is 18.2 Å². The smallest absolute Gasteiger partial charge is 0.251 e. The van der Waals surface area contributed by atoms with E-state index in [0.717, 1.165) is 0 Å². The van der Waals surface area contributed by atoms with Crippen molar-refractivity contribution in [3.8, 4) is 0 Å². The van der Waals surface area contributed by atoms with Crippen molar-refractivity contribution in [3.63, 3.8) is 0 Å². The number of benzene rings is 1. The normalized spacial score (nSPS) is 22.9. The van der Waals surface area contributed by atoms with Crippen LogP contribution in [0.5, 0.6) is 0 Å². The van der Waals surface area contributed by atoms with Crippen LogP contribution in [-0.4, -0.2) is 124 Å². The molecule has 0 aliphatic carbocycles. The van der Waals surface area contributed by atoms with Crippen LogP contribution in [0, 0.1) is 0 Å². The Morgan fingerprint density at radius 1 is 1.09 bits per heavy atom. The molecule has 2 fully saturated rings. The topological polar surface area (TPSA) is 121 Å². The zero-order valence-corrected chi connectivity index (χ0v) is 20.4. The number of amides is 4. The lowest BCUT2D eigenvalue weighted by molar-refractivity contribution is -0.145. The molecule has 1 aromatic rings. The van der Waals surface area contributed by atoms with E-state index in [4.69, 9.17) is 9.47 Å². The molecule has 0 unspecified atom stereocenters. The molecule has 0 spiro atoms. The number of likely N-dealkylation sites (N-methyl/N-ethyl adjacent to an activating group) is 1. The van der Waals surface area contributed by atoms with Crippen LogP contribution in [0.3, 0.4) is 0 Å².